The molecule has 1 unspecified atom stereocenters. The SMILES string of the molecule is Cc1cc(C)nc(-n2nc(-c3ccccc3)c3c2NC(=O)CC3c2ccccc2Cl)n1. The fourth-order valence-electron chi connectivity index (χ4n) is 4.13. The fourth-order valence-corrected chi connectivity index (χ4v) is 4.40. The number of aryl methyl sites for hydroxylation is 2. The molecule has 1 atom stereocenters. The maximum absolute atomic E-state index is 12.7. The van der Waals surface area contributed by atoms with Crippen LogP contribution in [0.25, 0.3) is 17.2 Å². The number of aromatic nitrogens is 4. The largest absolute Gasteiger partial charge is 0.310 e. The maximum atomic E-state index is 12.7. The van der Waals surface area contributed by atoms with Crippen LogP contribution in [0.1, 0.15) is 34.9 Å². The van der Waals surface area contributed by atoms with Crippen molar-refractivity contribution in [3.05, 3.63) is 88.2 Å². The smallest absolute Gasteiger partial charge is 0.252 e. The second-order valence-electron chi connectivity index (χ2n) is 7.67. The van der Waals surface area contributed by atoms with E-state index >= 15 is 0 Å². The predicted octanol–water partition coefficient (Wildman–Crippen LogP) is 5.07. The van der Waals surface area contributed by atoms with Crippen LogP contribution in [-0.2, 0) is 4.79 Å². The molecule has 0 radical (unpaired) electrons. The number of fused-ring (bicyclic) bond motifs is 1. The van der Waals surface area contributed by atoms with E-state index in [2.05, 4.69) is 15.3 Å². The van der Waals surface area contributed by atoms with Crippen molar-refractivity contribution in [2.75, 3.05) is 5.32 Å². The number of carbonyl (C=O) groups is 1. The molecule has 1 amide bonds. The van der Waals surface area contributed by atoms with E-state index < -0.39 is 0 Å². The zero-order chi connectivity index (χ0) is 21.5. The quantitative estimate of drug-likeness (QED) is 0.493. The third kappa shape index (κ3) is 3.49. The number of benzene rings is 2. The molecule has 31 heavy (non-hydrogen) atoms. The van der Waals surface area contributed by atoms with Crippen LogP contribution in [0.5, 0.6) is 0 Å². The maximum Gasteiger partial charge on any atom is 0.252 e. The van der Waals surface area contributed by atoms with Crippen molar-refractivity contribution in [2.45, 2.75) is 26.2 Å². The summed E-state index contributed by atoms with van der Waals surface area (Å²) in [4.78, 5) is 21.9. The molecule has 2 aromatic carbocycles. The van der Waals surface area contributed by atoms with Gasteiger partial charge in [-0.3, -0.25) is 4.79 Å². The van der Waals surface area contributed by atoms with E-state index in [0.717, 1.165) is 33.8 Å². The molecule has 2 aromatic heterocycles. The van der Waals surface area contributed by atoms with Gasteiger partial charge in [0.25, 0.3) is 5.95 Å². The summed E-state index contributed by atoms with van der Waals surface area (Å²) >= 11 is 6.55. The van der Waals surface area contributed by atoms with Gasteiger partial charge in [-0.15, -0.1) is 0 Å². The summed E-state index contributed by atoms with van der Waals surface area (Å²) in [6, 6.07) is 19.5. The molecule has 6 nitrogen and oxygen atoms in total. The summed E-state index contributed by atoms with van der Waals surface area (Å²) in [5.41, 5.74) is 5.22. The number of rotatable bonds is 3. The Kier molecular flexibility index (Phi) is 4.79. The highest BCUT2D eigenvalue weighted by atomic mass is 35.5. The zero-order valence-electron chi connectivity index (χ0n) is 17.1. The predicted molar refractivity (Wildman–Crippen MR) is 121 cm³/mol. The Labute approximate surface area is 184 Å². The second kappa shape index (κ2) is 7.63. The average molecular weight is 430 g/mol. The van der Waals surface area contributed by atoms with Gasteiger partial charge in [-0.2, -0.15) is 9.78 Å². The third-order valence-electron chi connectivity index (χ3n) is 5.41. The molecule has 0 saturated heterocycles. The Morgan fingerprint density at radius 2 is 1.68 bits per heavy atom. The Morgan fingerprint density at radius 1 is 1.00 bits per heavy atom. The van der Waals surface area contributed by atoms with Gasteiger partial charge in [0.15, 0.2) is 0 Å². The molecule has 4 aromatic rings. The third-order valence-corrected chi connectivity index (χ3v) is 5.75. The molecular weight excluding hydrogens is 410 g/mol. The van der Waals surface area contributed by atoms with Crippen LogP contribution in [0.4, 0.5) is 5.82 Å². The lowest BCUT2D eigenvalue weighted by atomic mass is 9.84. The second-order valence-corrected chi connectivity index (χ2v) is 8.07. The summed E-state index contributed by atoms with van der Waals surface area (Å²) in [6.07, 6.45) is 0.288. The number of hydrogen-bond acceptors (Lipinski definition) is 4. The van der Waals surface area contributed by atoms with Gasteiger partial charge >= 0.3 is 0 Å². The van der Waals surface area contributed by atoms with Gasteiger partial charge in [0.05, 0.1) is 5.69 Å². The summed E-state index contributed by atoms with van der Waals surface area (Å²) in [7, 11) is 0. The van der Waals surface area contributed by atoms with E-state index in [1.165, 1.54) is 0 Å². The highest BCUT2D eigenvalue weighted by Crippen LogP contribution is 2.45. The normalized spacial score (nSPS) is 15.5. The number of nitrogens with one attached hydrogen (secondary N) is 1. The number of nitrogens with zero attached hydrogens (tertiary/aromatic N) is 4. The van der Waals surface area contributed by atoms with E-state index in [0.29, 0.717) is 16.8 Å². The molecule has 154 valence electrons. The Hall–Kier alpha value is -3.51. The van der Waals surface area contributed by atoms with Crippen molar-refractivity contribution < 1.29 is 4.79 Å². The first-order valence-corrected chi connectivity index (χ1v) is 10.4. The first-order valence-electron chi connectivity index (χ1n) is 10.1. The Morgan fingerprint density at radius 3 is 2.39 bits per heavy atom. The summed E-state index contributed by atoms with van der Waals surface area (Å²) in [5.74, 6) is 0.691. The molecule has 0 fully saturated rings. The molecule has 0 aliphatic carbocycles. The van der Waals surface area contributed by atoms with Crippen LogP contribution in [-0.4, -0.2) is 25.7 Å². The lowest BCUT2D eigenvalue weighted by molar-refractivity contribution is -0.116. The van der Waals surface area contributed by atoms with Crippen LogP contribution < -0.4 is 5.32 Å². The van der Waals surface area contributed by atoms with Crippen molar-refractivity contribution in [1.82, 2.24) is 19.7 Å². The topological polar surface area (TPSA) is 72.7 Å². The number of anilines is 1. The number of carbonyl (C=O) groups excluding carboxylic acids is 1. The van der Waals surface area contributed by atoms with Crippen molar-refractivity contribution in [3.63, 3.8) is 0 Å². The van der Waals surface area contributed by atoms with E-state index in [4.69, 9.17) is 16.7 Å². The number of amides is 1. The molecule has 1 N–H and O–H groups in total. The van der Waals surface area contributed by atoms with Crippen LogP contribution in [0.15, 0.2) is 60.7 Å². The van der Waals surface area contributed by atoms with Crippen LogP contribution in [0, 0.1) is 13.8 Å². The van der Waals surface area contributed by atoms with Gasteiger partial charge in [-0.1, -0.05) is 60.1 Å². The molecule has 5 rings (SSSR count). The number of hydrogen-bond donors (Lipinski definition) is 1. The summed E-state index contributed by atoms with van der Waals surface area (Å²) in [6.45, 7) is 3.83. The highest BCUT2D eigenvalue weighted by Gasteiger charge is 2.35. The van der Waals surface area contributed by atoms with Gasteiger partial charge in [0.1, 0.15) is 5.82 Å². The van der Waals surface area contributed by atoms with E-state index in [1.807, 2.05) is 74.5 Å². The molecular formula is C24H20ClN5O. The molecule has 1 aliphatic rings. The van der Waals surface area contributed by atoms with Crippen LogP contribution in [0.2, 0.25) is 5.02 Å². The van der Waals surface area contributed by atoms with Gasteiger partial charge in [0, 0.05) is 39.9 Å². The Balaban J connectivity index is 1.81. The molecule has 0 bridgehead atoms. The van der Waals surface area contributed by atoms with E-state index in [9.17, 15) is 4.79 Å². The van der Waals surface area contributed by atoms with Crippen LogP contribution in [0.3, 0.4) is 0 Å². The van der Waals surface area contributed by atoms with E-state index in [1.54, 1.807) is 4.68 Å². The Bertz CT molecular complexity index is 1280. The van der Waals surface area contributed by atoms with Crippen molar-refractivity contribution in [1.29, 1.82) is 0 Å². The van der Waals surface area contributed by atoms with Gasteiger partial charge in [0.2, 0.25) is 5.91 Å². The minimum Gasteiger partial charge on any atom is -0.310 e. The summed E-state index contributed by atoms with van der Waals surface area (Å²) < 4.78 is 1.64. The summed E-state index contributed by atoms with van der Waals surface area (Å²) in [5, 5.41) is 8.53. The van der Waals surface area contributed by atoms with Crippen LogP contribution >= 0.6 is 11.6 Å². The van der Waals surface area contributed by atoms with Gasteiger partial charge in [-0.05, 0) is 31.5 Å². The molecule has 7 heteroatoms. The zero-order valence-corrected chi connectivity index (χ0v) is 17.9. The molecule has 0 spiro atoms. The lowest BCUT2D eigenvalue weighted by Gasteiger charge is -2.25. The minimum absolute atomic E-state index is 0.0949. The monoisotopic (exact) mass is 429 g/mol. The fraction of sp³-hybridized carbons (Fsp3) is 0.167. The molecule has 3 heterocycles. The minimum atomic E-state index is -0.229. The first-order chi connectivity index (χ1) is 15.0. The van der Waals surface area contributed by atoms with E-state index in [-0.39, 0.29) is 18.2 Å². The first kappa shape index (κ1) is 19.5. The average Bonchev–Trinajstić information content (AvgIpc) is 3.13. The number of halogens is 1. The van der Waals surface area contributed by atoms with Crippen molar-refractivity contribution >= 4 is 23.3 Å². The van der Waals surface area contributed by atoms with Gasteiger partial charge in [-0.25, -0.2) is 9.97 Å². The highest BCUT2D eigenvalue weighted by molar-refractivity contribution is 6.31. The molecule has 1 aliphatic heterocycles. The lowest BCUT2D eigenvalue weighted by Crippen LogP contribution is -2.25. The van der Waals surface area contributed by atoms with Crippen molar-refractivity contribution in [3.8, 4) is 17.2 Å². The standard InChI is InChI=1S/C24H20ClN5O/c1-14-12-15(2)27-24(26-14)30-23-21(22(29-30)16-8-4-3-5-9-16)18(13-20(31)28-23)17-10-6-7-11-19(17)25/h3-12,18H,13H2,1-2H3,(H,28,31). The van der Waals surface area contributed by atoms with Crippen molar-refractivity contribution in [2.24, 2.45) is 0 Å². The van der Waals surface area contributed by atoms with Gasteiger partial charge < -0.3 is 5.32 Å². The molecule has 0 saturated carbocycles.